The van der Waals surface area contributed by atoms with Crippen LogP contribution in [0.4, 0.5) is 5.82 Å². The van der Waals surface area contributed by atoms with E-state index >= 15 is 0 Å². The van der Waals surface area contributed by atoms with Crippen molar-refractivity contribution in [2.24, 2.45) is 0 Å². The highest BCUT2D eigenvalue weighted by molar-refractivity contribution is 5.81. The van der Waals surface area contributed by atoms with Gasteiger partial charge in [0.05, 0.1) is 6.04 Å². The number of amides is 1. The standard InChI is InChI=1S/C17H25N7O/c1-13(17(25)23-7-3-4-8-23)21-9-11-22(12-10-21)16-6-5-15-19-18-14(2)24(15)20-16/h5-6,13H,3-4,7-12H2,1-2H3. The number of carbonyl (C=O) groups is 1. The van der Waals surface area contributed by atoms with Crippen LogP contribution in [0, 0.1) is 6.92 Å². The van der Waals surface area contributed by atoms with Crippen molar-refractivity contribution in [1.29, 1.82) is 0 Å². The second-order valence-electron chi connectivity index (χ2n) is 6.94. The average molecular weight is 343 g/mol. The maximum Gasteiger partial charge on any atom is 0.239 e. The number of rotatable bonds is 3. The summed E-state index contributed by atoms with van der Waals surface area (Å²) in [4.78, 5) is 19.2. The summed E-state index contributed by atoms with van der Waals surface area (Å²) in [6.45, 7) is 9.29. The summed E-state index contributed by atoms with van der Waals surface area (Å²) < 4.78 is 1.78. The van der Waals surface area contributed by atoms with Crippen LogP contribution in [0.2, 0.25) is 0 Å². The van der Waals surface area contributed by atoms with Gasteiger partial charge in [0.15, 0.2) is 11.5 Å². The number of fused-ring (bicyclic) bond motifs is 1. The van der Waals surface area contributed by atoms with Crippen molar-refractivity contribution < 1.29 is 4.79 Å². The van der Waals surface area contributed by atoms with Gasteiger partial charge in [-0.15, -0.1) is 15.3 Å². The van der Waals surface area contributed by atoms with Gasteiger partial charge in [0.2, 0.25) is 5.91 Å². The fourth-order valence-electron chi connectivity index (χ4n) is 3.75. The summed E-state index contributed by atoms with van der Waals surface area (Å²) in [5.74, 6) is 2.01. The Morgan fingerprint density at radius 3 is 2.48 bits per heavy atom. The van der Waals surface area contributed by atoms with E-state index in [-0.39, 0.29) is 11.9 Å². The first-order valence-corrected chi connectivity index (χ1v) is 9.10. The van der Waals surface area contributed by atoms with Crippen LogP contribution in [0.5, 0.6) is 0 Å². The summed E-state index contributed by atoms with van der Waals surface area (Å²) in [6, 6.07) is 3.92. The van der Waals surface area contributed by atoms with Gasteiger partial charge in [0.25, 0.3) is 0 Å². The fourth-order valence-corrected chi connectivity index (χ4v) is 3.75. The number of anilines is 1. The predicted octanol–water partition coefficient (Wildman–Crippen LogP) is 0.566. The first-order chi connectivity index (χ1) is 12.1. The van der Waals surface area contributed by atoms with Gasteiger partial charge in [0, 0.05) is 39.3 Å². The van der Waals surface area contributed by atoms with E-state index in [0.717, 1.165) is 69.4 Å². The van der Waals surface area contributed by atoms with Gasteiger partial charge in [-0.2, -0.15) is 4.52 Å². The lowest BCUT2D eigenvalue weighted by molar-refractivity contribution is -0.135. The molecule has 4 rings (SSSR count). The molecule has 0 bridgehead atoms. The van der Waals surface area contributed by atoms with Crippen molar-refractivity contribution in [3.8, 4) is 0 Å². The molecule has 2 fully saturated rings. The van der Waals surface area contributed by atoms with Gasteiger partial charge < -0.3 is 9.80 Å². The van der Waals surface area contributed by atoms with Crippen LogP contribution >= 0.6 is 0 Å². The molecule has 25 heavy (non-hydrogen) atoms. The van der Waals surface area contributed by atoms with Gasteiger partial charge in [-0.05, 0) is 38.8 Å². The molecular weight excluding hydrogens is 318 g/mol. The molecule has 2 saturated heterocycles. The zero-order valence-corrected chi connectivity index (χ0v) is 14.9. The molecule has 2 aliphatic rings. The maximum absolute atomic E-state index is 12.6. The van der Waals surface area contributed by atoms with Crippen molar-refractivity contribution in [3.05, 3.63) is 18.0 Å². The van der Waals surface area contributed by atoms with Crippen LogP contribution in [0.25, 0.3) is 5.65 Å². The second kappa shape index (κ2) is 6.59. The third kappa shape index (κ3) is 3.06. The largest absolute Gasteiger partial charge is 0.353 e. The lowest BCUT2D eigenvalue weighted by Crippen LogP contribution is -2.54. The Kier molecular flexibility index (Phi) is 4.29. The minimum atomic E-state index is -0.0317. The number of aryl methyl sites for hydroxylation is 1. The molecule has 1 unspecified atom stereocenters. The first kappa shape index (κ1) is 16.3. The number of carbonyl (C=O) groups excluding carboxylic acids is 1. The van der Waals surface area contributed by atoms with Crippen molar-refractivity contribution in [3.63, 3.8) is 0 Å². The highest BCUT2D eigenvalue weighted by Gasteiger charge is 2.30. The molecule has 2 aliphatic heterocycles. The minimum Gasteiger partial charge on any atom is -0.353 e. The van der Waals surface area contributed by atoms with E-state index in [9.17, 15) is 4.79 Å². The zero-order chi connectivity index (χ0) is 17.4. The lowest BCUT2D eigenvalue weighted by atomic mass is 10.2. The van der Waals surface area contributed by atoms with E-state index in [1.165, 1.54) is 0 Å². The predicted molar refractivity (Wildman–Crippen MR) is 94.6 cm³/mol. The van der Waals surface area contributed by atoms with E-state index in [2.05, 4.69) is 25.1 Å². The molecule has 134 valence electrons. The van der Waals surface area contributed by atoms with Crippen LogP contribution in [0.1, 0.15) is 25.6 Å². The summed E-state index contributed by atoms with van der Waals surface area (Å²) in [5.41, 5.74) is 0.768. The average Bonchev–Trinajstić information content (AvgIpc) is 3.31. The molecule has 8 heteroatoms. The van der Waals surface area contributed by atoms with Crippen molar-refractivity contribution in [2.45, 2.75) is 32.7 Å². The zero-order valence-electron chi connectivity index (χ0n) is 14.9. The Labute approximate surface area is 147 Å². The Morgan fingerprint density at radius 2 is 1.76 bits per heavy atom. The number of hydrogen-bond acceptors (Lipinski definition) is 6. The molecular formula is C17H25N7O. The molecule has 1 amide bonds. The monoisotopic (exact) mass is 343 g/mol. The second-order valence-corrected chi connectivity index (χ2v) is 6.94. The van der Waals surface area contributed by atoms with E-state index < -0.39 is 0 Å². The smallest absolute Gasteiger partial charge is 0.239 e. The van der Waals surface area contributed by atoms with Crippen LogP contribution in [0.3, 0.4) is 0 Å². The quantitative estimate of drug-likeness (QED) is 0.811. The molecule has 0 aromatic carbocycles. The number of hydrogen-bond donors (Lipinski definition) is 0. The van der Waals surface area contributed by atoms with Crippen molar-refractivity contribution in [1.82, 2.24) is 29.6 Å². The molecule has 2 aromatic heterocycles. The molecule has 0 spiro atoms. The first-order valence-electron chi connectivity index (χ1n) is 9.10. The summed E-state index contributed by atoms with van der Waals surface area (Å²) in [7, 11) is 0. The highest BCUT2D eigenvalue weighted by Crippen LogP contribution is 2.17. The summed E-state index contributed by atoms with van der Waals surface area (Å²) in [6.07, 6.45) is 2.28. The molecule has 0 N–H and O–H groups in total. The third-order valence-corrected chi connectivity index (χ3v) is 5.37. The summed E-state index contributed by atoms with van der Waals surface area (Å²) >= 11 is 0. The van der Waals surface area contributed by atoms with E-state index in [0.29, 0.717) is 0 Å². The van der Waals surface area contributed by atoms with Gasteiger partial charge in [0.1, 0.15) is 5.82 Å². The highest BCUT2D eigenvalue weighted by atomic mass is 16.2. The molecule has 0 radical (unpaired) electrons. The number of likely N-dealkylation sites (tertiary alicyclic amines) is 1. The maximum atomic E-state index is 12.6. The van der Waals surface area contributed by atoms with Gasteiger partial charge >= 0.3 is 0 Å². The van der Waals surface area contributed by atoms with Crippen molar-refractivity contribution >= 4 is 17.4 Å². The molecule has 4 heterocycles. The number of piperazine rings is 1. The molecule has 2 aromatic rings. The minimum absolute atomic E-state index is 0.0317. The topological polar surface area (TPSA) is 69.9 Å². The van der Waals surface area contributed by atoms with Gasteiger partial charge in [-0.1, -0.05) is 0 Å². The fraction of sp³-hybridized carbons (Fsp3) is 0.647. The molecule has 0 aliphatic carbocycles. The third-order valence-electron chi connectivity index (χ3n) is 5.37. The Bertz CT molecular complexity index is 759. The summed E-state index contributed by atoms with van der Waals surface area (Å²) in [5, 5.41) is 12.8. The Hall–Kier alpha value is -2.22. The normalized spacial score (nSPS) is 20.4. The van der Waals surface area contributed by atoms with Crippen molar-refractivity contribution in [2.75, 3.05) is 44.2 Å². The van der Waals surface area contributed by atoms with Crippen LogP contribution in [0.15, 0.2) is 12.1 Å². The number of aromatic nitrogens is 4. The molecule has 0 saturated carbocycles. The van der Waals surface area contributed by atoms with Gasteiger partial charge in [-0.3, -0.25) is 9.69 Å². The van der Waals surface area contributed by atoms with Gasteiger partial charge in [-0.25, -0.2) is 0 Å². The van der Waals surface area contributed by atoms with Crippen LogP contribution in [-0.2, 0) is 4.79 Å². The molecule has 1 atom stereocenters. The lowest BCUT2D eigenvalue weighted by Gasteiger charge is -2.38. The Morgan fingerprint density at radius 1 is 1.04 bits per heavy atom. The molecule has 8 nitrogen and oxygen atoms in total. The van der Waals surface area contributed by atoms with E-state index in [1.54, 1.807) is 4.52 Å². The Balaban J connectivity index is 1.40. The number of nitrogens with zero attached hydrogens (tertiary/aromatic N) is 7. The van der Waals surface area contributed by atoms with E-state index in [4.69, 9.17) is 0 Å². The van der Waals surface area contributed by atoms with Crippen LogP contribution < -0.4 is 4.90 Å². The van der Waals surface area contributed by atoms with E-state index in [1.807, 2.05) is 30.9 Å². The van der Waals surface area contributed by atoms with Crippen LogP contribution in [-0.4, -0.2) is 80.8 Å². The SMILES string of the molecule is Cc1nnc2ccc(N3CCN(C(C)C(=O)N4CCCC4)CC3)nn12.